The largest absolute Gasteiger partial charge is 0.352 e. The normalized spacial score (nSPS) is 14.9. The molecule has 0 saturated carbocycles. The van der Waals surface area contributed by atoms with Crippen LogP contribution in [0.4, 0.5) is 5.13 Å². The van der Waals surface area contributed by atoms with Crippen molar-refractivity contribution in [2.24, 2.45) is 5.92 Å². The van der Waals surface area contributed by atoms with Crippen molar-refractivity contribution in [3.05, 3.63) is 94.8 Å². The highest BCUT2D eigenvalue weighted by atomic mass is 32.1. The SMILES string of the molecule is O=C(Cc1ccccc1)Nc1nc2c(s1)C(=O)CC(C(=O)NCc1cccc(-n3cccn3)c1)C2. The molecule has 2 N–H and O–H groups in total. The van der Waals surface area contributed by atoms with Crippen LogP contribution in [0, 0.1) is 5.92 Å². The van der Waals surface area contributed by atoms with Gasteiger partial charge in [0, 0.05) is 31.8 Å². The molecular weight excluding hydrogens is 462 g/mol. The molecule has 5 rings (SSSR count). The number of amides is 2. The summed E-state index contributed by atoms with van der Waals surface area (Å²) < 4.78 is 1.76. The minimum atomic E-state index is -0.487. The van der Waals surface area contributed by atoms with E-state index in [1.54, 1.807) is 10.9 Å². The maximum atomic E-state index is 12.9. The molecule has 1 aliphatic rings. The number of nitrogens with one attached hydrogen (secondary N) is 2. The highest BCUT2D eigenvalue weighted by Gasteiger charge is 2.33. The summed E-state index contributed by atoms with van der Waals surface area (Å²) in [4.78, 5) is 42.9. The van der Waals surface area contributed by atoms with Gasteiger partial charge in [-0.1, -0.05) is 53.8 Å². The number of fused-ring (bicyclic) bond motifs is 1. The number of nitrogens with zero attached hydrogens (tertiary/aromatic N) is 3. The molecule has 0 aliphatic heterocycles. The summed E-state index contributed by atoms with van der Waals surface area (Å²) >= 11 is 1.17. The van der Waals surface area contributed by atoms with Crippen LogP contribution in [0.25, 0.3) is 5.69 Å². The van der Waals surface area contributed by atoms with E-state index in [1.807, 2.05) is 66.9 Å². The number of hydrogen-bond acceptors (Lipinski definition) is 6. The second-order valence-corrected chi connectivity index (χ2v) is 9.37. The zero-order valence-corrected chi connectivity index (χ0v) is 19.6. The lowest BCUT2D eigenvalue weighted by Gasteiger charge is -2.19. The number of ketones is 1. The predicted molar refractivity (Wildman–Crippen MR) is 132 cm³/mol. The molecule has 0 radical (unpaired) electrons. The molecule has 4 aromatic rings. The average molecular weight is 486 g/mol. The number of rotatable bonds is 7. The molecule has 35 heavy (non-hydrogen) atoms. The quantitative estimate of drug-likeness (QED) is 0.416. The molecule has 1 unspecified atom stereocenters. The van der Waals surface area contributed by atoms with Crippen LogP contribution in [-0.4, -0.2) is 32.4 Å². The standard InChI is InChI=1S/C26H23N5O3S/c32-22-15-19(25(34)27-16-18-8-4-9-20(12-18)31-11-5-10-28-31)14-21-24(22)35-26(29-21)30-23(33)13-17-6-2-1-3-7-17/h1-12,19H,13-16H2,(H,27,34)(H,29,30,33). The highest BCUT2D eigenvalue weighted by Crippen LogP contribution is 2.32. The van der Waals surface area contributed by atoms with Crippen LogP contribution in [0.2, 0.25) is 0 Å². The van der Waals surface area contributed by atoms with Crippen molar-refractivity contribution < 1.29 is 14.4 Å². The summed E-state index contributed by atoms with van der Waals surface area (Å²) in [6, 6.07) is 19.0. The van der Waals surface area contributed by atoms with Gasteiger partial charge in [0.2, 0.25) is 11.8 Å². The van der Waals surface area contributed by atoms with E-state index in [0.29, 0.717) is 28.7 Å². The molecule has 176 valence electrons. The summed E-state index contributed by atoms with van der Waals surface area (Å²) in [7, 11) is 0. The molecule has 2 aromatic carbocycles. The lowest BCUT2D eigenvalue weighted by molar-refractivity contribution is -0.125. The first-order valence-corrected chi connectivity index (χ1v) is 12.1. The maximum Gasteiger partial charge on any atom is 0.230 e. The molecule has 2 heterocycles. The van der Waals surface area contributed by atoms with E-state index in [9.17, 15) is 14.4 Å². The number of carbonyl (C=O) groups is 3. The maximum absolute atomic E-state index is 12.9. The molecule has 0 spiro atoms. The number of hydrogen-bond donors (Lipinski definition) is 2. The molecule has 2 amide bonds. The second kappa shape index (κ2) is 10.0. The molecule has 0 saturated heterocycles. The van der Waals surface area contributed by atoms with Gasteiger partial charge in [0.1, 0.15) is 0 Å². The first kappa shape index (κ1) is 22.7. The van der Waals surface area contributed by atoms with Gasteiger partial charge in [-0.3, -0.25) is 14.4 Å². The average Bonchev–Trinajstić information content (AvgIpc) is 3.54. The highest BCUT2D eigenvalue weighted by molar-refractivity contribution is 7.17. The first-order chi connectivity index (χ1) is 17.0. The fourth-order valence-electron chi connectivity index (χ4n) is 4.08. The van der Waals surface area contributed by atoms with Crippen LogP contribution < -0.4 is 10.6 Å². The molecule has 1 atom stereocenters. The molecule has 2 aromatic heterocycles. The van der Waals surface area contributed by atoms with E-state index in [-0.39, 0.29) is 30.4 Å². The van der Waals surface area contributed by atoms with E-state index >= 15 is 0 Å². The third-order valence-electron chi connectivity index (χ3n) is 5.79. The van der Waals surface area contributed by atoms with Crippen LogP contribution in [-0.2, 0) is 29.0 Å². The topological polar surface area (TPSA) is 106 Å². The lowest BCUT2D eigenvalue weighted by Crippen LogP contribution is -2.35. The van der Waals surface area contributed by atoms with Gasteiger partial charge in [0.15, 0.2) is 10.9 Å². The van der Waals surface area contributed by atoms with Crippen LogP contribution in [0.5, 0.6) is 0 Å². The molecule has 9 heteroatoms. The Morgan fingerprint density at radius 3 is 2.66 bits per heavy atom. The Labute approximate surface area is 206 Å². The zero-order chi connectivity index (χ0) is 24.2. The van der Waals surface area contributed by atoms with E-state index in [0.717, 1.165) is 16.8 Å². The van der Waals surface area contributed by atoms with Crippen LogP contribution in [0.1, 0.15) is 32.9 Å². The number of benzene rings is 2. The summed E-state index contributed by atoms with van der Waals surface area (Å²) in [5, 5.41) is 10.3. The van der Waals surface area contributed by atoms with Gasteiger partial charge in [-0.05, 0) is 29.3 Å². The number of aromatic nitrogens is 3. The van der Waals surface area contributed by atoms with Gasteiger partial charge in [0.05, 0.1) is 28.6 Å². The summed E-state index contributed by atoms with van der Waals surface area (Å²) in [5.74, 6) is -0.982. The molecule has 8 nitrogen and oxygen atoms in total. The fraction of sp³-hybridized carbons (Fsp3) is 0.192. The van der Waals surface area contributed by atoms with Gasteiger partial charge in [-0.15, -0.1) is 0 Å². The van der Waals surface area contributed by atoms with E-state index in [4.69, 9.17) is 0 Å². The monoisotopic (exact) mass is 485 g/mol. The molecule has 0 bridgehead atoms. The number of Topliss-reactive ketones (excluding diaryl/α,β-unsaturated/α-hetero) is 1. The van der Waals surface area contributed by atoms with E-state index in [2.05, 4.69) is 20.7 Å². The lowest BCUT2D eigenvalue weighted by atomic mass is 9.89. The van der Waals surface area contributed by atoms with E-state index in [1.165, 1.54) is 11.3 Å². The van der Waals surface area contributed by atoms with E-state index < -0.39 is 5.92 Å². The number of thiazole rings is 1. The first-order valence-electron chi connectivity index (χ1n) is 11.3. The van der Waals surface area contributed by atoms with Crippen molar-refractivity contribution in [1.29, 1.82) is 0 Å². The Bertz CT molecular complexity index is 1360. The van der Waals surface area contributed by atoms with Gasteiger partial charge in [-0.2, -0.15) is 5.10 Å². The minimum absolute atomic E-state index is 0.117. The smallest absolute Gasteiger partial charge is 0.230 e. The van der Waals surface area contributed by atoms with Gasteiger partial charge in [0.25, 0.3) is 0 Å². The van der Waals surface area contributed by atoms with Crippen LogP contribution in [0.15, 0.2) is 73.1 Å². The number of carbonyl (C=O) groups excluding carboxylic acids is 3. The third kappa shape index (κ3) is 5.36. The zero-order valence-electron chi connectivity index (χ0n) is 18.8. The van der Waals surface area contributed by atoms with Crippen molar-refractivity contribution in [3.63, 3.8) is 0 Å². The predicted octanol–water partition coefficient (Wildman–Crippen LogP) is 3.57. The van der Waals surface area contributed by atoms with Gasteiger partial charge < -0.3 is 10.6 Å². The van der Waals surface area contributed by atoms with Crippen LogP contribution >= 0.6 is 11.3 Å². The van der Waals surface area contributed by atoms with Crippen molar-refractivity contribution >= 4 is 34.1 Å². The van der Waals surface area contributed by atoms with Crippen molar-refractivity contribution in [2.75, 3.05) is 5.32 Å². The Balaban J connectivity index is 1.19. The third-order valence-corrected chi connectivity index (χ3v) is 6.85. The minimum Gasteiger partial charge on any atom is -0.352 e. The van der Waals surface area contributed by atoms with Gasteiger partial charge >= 0.3 is 0 Å². The second-order valence-electron chi connectivity index (χ2n) is 8.37. The summed E-state index contributed by atoms with van der Waals surface area (Å²) in [6.45, 7) is 0.351. The Kier molecular flexibility index (Phi) is 6.49. The van der Waals surface area contributed by atoms with Crippen molar-refractivity contribution in [3.8, 4) is 5.69 Å². The van der Waals surface area contributed by atoms with Crippen LogP contribution in [0.3, 0.4) is 0 Å². The Morgan fingerprint density at radius 1 is 1.03 bits per heavy atom. The van der Waals surface area contributed by atoms with Crippen molar-refractivity contribution in [1.82, 2.24) is 20.1 Å². The van der Waals surface area contributed by atoms with Gasteiger partial charge in [-0.25, -0.2) is 9.67 Å². The van der Waals surface area contributed by atoms with Crippen molar-refractivity contribution in [2.45, 2.75) is 25.8 Å². The molecular formula is C26H23N5O3S. The molecule has 1 aliphatic carbocycles. The Morgan fingerprint density at radius 2 is 1.86 bits per heavy atom. The Hall–Kier alpha value is -4.11. The number of anilines is 1. The summed E-state index contributed by atoms with van der Waals surface area (Å²) in [5.41, 5.74) is 3.31. The fourth-order valence-corrected chi connectivity index (χ4v) is 5.04. The summed E-state index contributed by atoms with van der Waals surface area (Å²) in [6.07, 6.45) is 4.29. The molecule has 0 fully saturated rings.